The first-order valence-electron chi connectivity index (χ1n) is 6.93. The van der Waals surface area contributed by atoms with Crippen LogP contribution in [0.4, 0.5) is 13.2 Å². The van der Waals surface area contributed by atoms with Gasteiger partial charge in [-0.25, -0.2) is 0 Å². The van der Waals surface area contributed by atoms with Crippen molar-refractivity contribution in [2.45, 2.75) is 12.3 Å². The van der Waals surface area contributed by atoms with Crippen LogP contribution in [0.25, 0.3) is 0 Å². The van der Waals surface area contributed by atoms with Crippen molar-refractivity contribution in [3.05, 3.63) is 52.0 Å². The van der Waals surface area contributed by atoms with Crippen LogP contribution < -0.4 is 0 Å². The largest absolute Gasteiger partial charge is 0.434 e. The lowest BCUT2D eigenvalue weighted by Gasteiger charge is -2.33. The fraction of sp³-hybridized carbons (Fsp3) is 0.333. The Kier molecular flexibility index (Phi) is 4.36. The summed E-state index contributed by atoms with van der Waals surface area (Å²) in [7, 11) is 0. The molecule has 3 heterocycles. The van der Waals surface area contributed by atoms with E-state index in [2.05, 4.69) is 4.98 Å². The van der Waals surface area contributed by atoms with Gasteiger partial charge in [-0.05, 0) is 23.6 Å². The highest BCUT2D eigenvalue weighted by Crippen LogP contribution is 2.32. The maximum atomic E-state index is 13.0. The highest BCUT2D eigenvalue weighted by atomic mass is 32.1. The number of carbonyl (C=O) groups excluding carboxylic acids is 1. The van der Waals surface area contributed by atoms with E-state index in [4.69, 9.17) is 4.74 Å². The van der Waals surface area contributed by atoms with Crippen LogP contribution >= 0.6 is 11.3 Å². The SMILES string of the molecule is O=C(c1cccnc1C(F)(F)F)N1CCOC(c2cccs2)C1. The second-order valence-electron chi connectivity index (χ2n) is 5.02. The highest BCUT2D eigenvalue weighted by molar-refractivity contribution is 7.10. The number of halogens is 3. The molecule has 0 aliphatic carbocycles. The van der Waals surface area contributed by atoms with Gasteiger partial charge in [0.1, 0.15) is 6.10 Å². The maximum Gasteiger partial charge on any atom is 0.434 e. The summed E-state index contributed by atoms with van der Waals surface area (Å²) < 4.78 is 44.7. The molecule has 0 radical (unpaired) electrons. The molecule has 1 aliphatic rings. The van der Waals surface area contributed by atoms with Gasteiger partial charge >= 0.3 is 6.18 Å². The fourth-order valence-electron chi connectivity index (χ4n) is 2.45. The van der Waals surface area contributed by atoms with Crippen molar-refractivity contribution in [3.8, 4) is 0 Å². The highest BCUT2D eigenvalue weighted by Gasteiger charge is 2.38. The molecule has 2 aromatic rings. The first-order valence-corrected chi connectivity index (χ1v) is 7.81. The number of morpholine rings is 1. The lowest BCUT2D eigenvalue weighted by molar-refractivity contribution is -0.141. The van der Waals surface area contributed by atoms with Gasteiger partial charge in [-0.3, -0.25) is 9.78 Å². The van der Waals surface area contributed by atoms with Crippen LogP contribution in [-0.2, 0) is 10.9 Å². The van der Waals surface area contributed by atoms with E-state index in [-0.39, 0.29) is 25.8 Å². The zero-order valence-electron chi connectivity index (χ0n) is 11.9. The third-order valence-electron chi connectivity index (χ3n) is 3.52. The van der Waals surface area contributed by atoms with Crippen molar-refractivity contribution in [3.63, 3.8) is 0 Å². The number of rotatable bonds is 2. The number of ether oxygens (including phenoxy) is 1. The summed E-state index contributed by atoms with van der Waals surface area (Å²) in [4.78, 5) is 18.2. The average molecular weight is 342 g/mol. The minimum Gasteiger partial charge on any atom is -0.369 e. The zero-order valence-corrected chi connectivity index (χ0v) is 12.7. The van der Waals surface area contributed by atoms with Crippen LogP contribution in [0.3, 0.4) is 0 Å². The molecule has 122 valence electrons. The molecule has 0 N–H and O–H groups in total. The predicted octanol–water partition coefficient (Wildman–Crippen LogP) is 3.38. The Morgan fingerprint density at radius 3 is 2.87 bits per heavy atom. The lowest BCUT2D eigenvalue weighted by Crippen LogP contribution is -2.42. The lowest BCUT2D eigenvalue weighted by atomic mass is 10.1. The summed E-state index contributed by atoms with van der Waals surface area (Å²) in [6.07, 6.45) is -3.93. The third kappa shape index (κ3) is 3.37. The first kappa shape index (κ1) is 15.9. The van der Waals surface area contributed by atoms with Crippen molar-refractivity contribution in [1.29, 1.82) is 0 Å². The van der Waals surface area contributed by atoms with Gasteiger partial charge in [0, 0.05) is 17.6 Å². The van der Waals surface area contributed by atoms with Gasteiger partial charge in [0.2, 0.25) is 0 Å². The zero-order chi connectivity index (χ0) is 16.4. The summed E-state index contributed by atoms with van der Waals surface area (Å²) in [5, 5.41) is 1.89. The van der Waals surface area contributed by atoms with E-state index in [9.17, 15) is 18.0 Å². The predicted molar refractivity (Wildman–Crippen MR) is 78.2 cm³/mol. The Morgan fingerprint density at radius 2 is 2.17 bits per heavy atom. The molecule has 0 spiro atoms. The van der Waals surface area contributed by atoms with E-state index in [1.807, 2.05) is 17.5 Å². The number of hydrogen-bond acceptors (Lipinski definition) is 4. The minimum absolute atomic E-state index is 0.228. The third-order valence-corrected chi connectivity index (χ3v) is 4.49. The van der Waals surface area contributed by atoms with Crippen molar-refractivity contribution >= 4 is 17.2 Å². The molecule has 1 unspecified atom stereocenters. The molecule has 8 heteroatoms. The van der Waals surface area contributed by atoms with Gasteiger partial charge in [-0.2, -0.15) is 13.2 Å². The molecule has 23 heavy (non-hydrogen) atoms. The van der Waals surface area contributed by atoms with E-state index in [1.165, 1.54) is 22.3 Å². The molecule has 1 fully saturated rings. The van der Waals surface area contributed by atoms with E-state index in [0.717, 1.165) is 17.1 Å². The maximum absolute atomic E-state index is 13.0. The molecule has 1 atom stereocenters. The number of nitrogens with zero attached hydrogens (tertiary/aromatic N) is 2. The number of alkyl halides is 3. The van der Waals surface area contributed by atoms with Gasteiger partial charge in [-0.15, -0.1) is 11.3 Å². The van der Waals surface area contributed by atoms with Crippen LogP contribution in [0.1, 0.15) is 27.0 Å². The summed E-state index contributed by atoms with van der Waals surface area (Å²) in [5.41, 5.74) is -1.57. The van der Waals surface area contributed by atoms with Gasteiger partial charge in [0.15, 0.2) is 5.69 Å². The molecule has 0 saturated carbocycles. The number of hydrogen-bond donors (Lipinski definition) is 0. The van der Waals surface area contributed by atoms with E-state index in [0.29, 0.717) is 0 Å². The smallest absolute Gasteiger partial charge is 0.369 e. The molecule has 4 nitrogen and oxygen atoms in total. The average Bonchev–Trinajstić information content (AvgIpc) is 3.08. The molecule has 1 saturated heterocycles. The number of pyridine rings is 1. The molecule has 2 aromatic heterocycles. The Bertz CT molecular complexity index is 688. The second kappa shape index (κ2) is 6.29. The van der Waals surface area contributed by atoms with Gasteiger partial charge < -0.3 is 9.64 Å². The summed E-state index contributed by atoms with van der Waals surface area (Å²) in [5.74, 6) is -0.671. The van der Waals surface area contributed by atoms with E-state index in [1.54, 1.807) is 0 Å². The molecule has 0 aromatic carbocycles. The number of carbonyl (C=O) groups is 1. The van der Waals surface area contributed by atoms with Crippen molar-refractivity contribution in [2.24, 2.45) is 0 Å². The first-order chi connectivity index (χ1) is 11.0. The molecule has 1 amide bonds. The van der Waals surface area contributed by atoms with Crippen LogP contribution in [-0.4, -0.2) is 35.5 Å². The fourth-order valence-corrected chi connectivity index (χ4v) is 3.22. The van der Waals surface area contributed by atoms with Gasteiger partial charge in [0.25, 0.3) is 5.91 Å². The molecular weight excluding hydrogens is 329 g/mol. The molecule has 0 bridgehead atoms. The minimum atomic E-state index is -4.66. The number of thiophene rings is 1. The normalized spacial score (nSPS) is 18.9. The van der Waals surface area contributed by atoms with Crippen molar-refractivity contribution in [1.82, 2.24) is 9.88 Å². The quantitative estimate of drug-likeness (QED) is 0.840. The summed E-state index contributed by atoms with van der Waals surface area (Å²) in [6.45, 7) is 0.772. The molecule has 1 aliphatic heterocycles. The second-order valence-corrected chi connectivity index (χ2v) is 6.00. The molecule has 3 rings (SSSR count). The van der Waals surface area contributed by atoms with Crippen molar-refractivity contribution < 1.29 is 22.7 Å². The van der Waals surface area contributed by atoms with Crippen LogP contribution in [0.15, 0.2) is 35.8 Å². The summed E-state index contributed by atoms with van der Waals surface area (Å²) in [6, 6.07) is 6.25. The van der Waals surface area contributed by atoms with Crippen LogP contribution in [0.2, 0.25) is 0 Å². The number of aromatic nitrogens is 1. The number of amides is 1. The van der Waals surface area contributed by atoms with E-state index < -0.39 is 23.3 Å². The van der Waals surface area contributed by atoms with Crippen LogP contribution in [0.5, 0.6) is 0 Å². The topological polar surface area (TPSA) is 42.4 Å². The standard InChI is InChI=1S/C15H13F3N2O2S/c16-15(17,18)13-10(3-1-5-19-13)14(21)20-6-7-22-11(9-20)12-4-2-8-23-12/h1-5,8,11H,6-7,9H2. The Labute approximate surface area is 134 Å². The van der Waals surface area contributed by atoms with Gasteiger partial charge in [-0.1, -0.05) is 6.07 Å². The van der Waals surface area contributed by atoms with Crippen molar-refractivity contribution in [2.75, 3.05) is 19.7 Å². The Balaban J connectivity index is 1.83. The Hall–Kier alpha value is -1.93. The Morgan fingerprint density at radius 1 is 1.35 bits per heavy atom. The monoisotopic (exact) mass is 342 g/mol. The molecular formula is C15H13F3N2O2S. The summed E-state index contributed by atoms with van der Waals surface area (Å²) >= 11 is 1.49. The van der Waals surface area contributed by atoms with E-state index >= 15 is 0 Å². The van der Waals surface area contributed by atoms with Gasteiger partial charge in [0.05, 0.1) is 18.7 Å². The van der Waals surface area contributed by atoms with Crippen LogP contribution in [0, 0.1) is 0 Å².